The highest BCUT2D eigenvalue weighted by molar-refractivity contribution is 6.15. The summed E-state index contributed by atoms with van der Waals surface area (Å²) in [4.78, 5) is 50.8. The molecule has 6 aliphatic carbocycles. The van der Waals surface area contributed by atoms with Crippen molar-refractivity contribution in [2.45, 2.75) is 124 Å². The van der Waals surface area contributed by atoms with Crippen LogP contribution in [-0.2, 0) is 29.1 Å². The number of nitrogens with zero attached hydrogens (tertiary/aromatic N) is 1. The third-order valence-electron chi connectivity index (χ3n) is 11.4. The molecule has 7 heteroatoms. The summed E-state index contributed by atoms with van der Waals surface area (Å²) in [6, 6.07) is 0. The van der Waals surface area contributed by atoms with E-state index < -0.39 is 5.79 Å². The van der Waals surface area contributed by atoms with Crippen molar-refractivity contribution in [3.63, 3.8) is 0 Å². The first-order valence-electron chi connectivity index (χ1n) is 14.4. The van der Waals surface area contributed by atoms with Gasteiger partial charge in [0.2, 0.25) is 5.79 Å². The third-order valence-corrected chi connectivity index (χ3v) is 11.4. The van der Waals surface area contributed by atoms with Crippen LogP contribution in [0.5, 0.6) is 0 Å². The highest BCUT2D eigenvalue weighted by atomic mass is 17.3. The van der Waals surface area contributed by atoms with Gasteiger partial charge in [-0.05, 0) is 107 Å². The molecule has 6 fully saturated rings. The van der Waals surface area contributed by atoms with Crippen molar-refractivity contribution < 1.29 is 29.1 Å². The molecule has 7 rings (SSSR count). The molecule has 0 aromatic carbocycles. The molecular formula is C30H47NO6. The Morgan fingerprint density at radius 3 is 1.76 bits per heavy atom. The fourth-order valence-electron chi connectivity index (χ4n) is 8.43. The Morgan fingerprint density at radius 1 is 0.892 bits per heavy atom. The van der Waals surface area contributed by atoms with Gasteiger partial charge in [-0.2, -0.15) is 9.78 Å². The van der Waals surface area contributed by atoms with Crippen LogP contribution < -0.4 is 0 Å². The van der Waals surface area contributed by atoms with Crippen molar-refractivity contribution in [2.24, 2.45) is 34.5 Å². The highest BCUT2D eigenvalue weighted by Gasteiger charge is 2.62. The Labute approximate surface area is 222 Å². The maximum absolute atomic E-state index is 12.3. The van der Waals surface area contributed by atoms with Crippen LogP contribution in [0.4, 0.5) is 0 Å². The summed E-state index contributed by atoms with van der Waals surface area (Å²) in [5, 5.41) is 0. The molecule has 6 atom stereocenters. The van der Waals surface area contributed by atoms with E-state index in [1.165, 1.54) is 23.8 Å². The molecule has 6 saturated carbocycles. The van der Waals surface area contributed by atoms with Crippen molar-refractivity contribution in [2.75, 3.05) is 6.54 Å². The fraction of sp³-hybridized carbons (Fsp3) is 0.867. The molecule has 37 heavy (non-hydrogen) atoms. The number of rotatable bonds is 10. The summed E-state index contributed by atoms with van der Waals surface area (Å²) >= 11 is 0. The average molecular weight is 518 g/mol. The van der Waals surface area contributed by atoms with E-state index in [4.69, 9.17) is 19.6 Å². The molecule has 0 saturated heterocycles. The first kappa shape index (κ1) is 27.3. The van der Waals surface area contributed by atoms with Crippen LogP contribution in [0.1, 0.15) is 107 Å². The Balaban J connectivity index is 1.26. The zero-order valence-electron chi connectivity index (χ0n) is 24.1. The van der Waals surface area contributed by atoms with Crippen LogP contribution in [0.15, 0.2) is 11.6 Å². The van der Waals surface area contributed by atoms with Crippen LogP contribution in [0, 0.1) is 34.5 Å². The van der Waals surface area contributed by atoms with E-state index in [0.717, 1.165) is 37.5 Å². The third kappa shape index (κ3) is 4.42. The summed E-state index contributed by atoms with van der Waals surface area (Å²) in [5.41, 5.74) is 0.192. The van der Waals surface area contributed by atoms with Gasteiger partial charge in [0.1, 0.15) is 11.2 Å². The average Bonchev–Trinajstić information content (AvgIpc) is 3.07. The first-order valence-corrected chi connectivity index (χ1v) is 14.4. The molecule has 0 aromatic heterocycles. The molecule has 2 amide bonds. The van der Waals surface area contributed by atoms with Crippen LogP contribution in [-0.4, -0.2) is 40.2 Å². The van der Waals surface area contributed by atoms with Crippen molar-refractivity contribution in [3.05, 3.63) is 11.6 Å². The van der Waals surface area contributed by atoms with E-state index in [2.05, 4.69) is 41.5 Å². The topological polar surface area (TPSA) is 74.3 Å². The Bertz CT molecular complexity index is 935. The van der Waals surface area contributed by atoms with Gasteiger partial charge in [-0.15, -0.1) is 0 Å². The quantitative estimate of drug-likeness (QED) is 0.150. The molecule has 1 aliphatic heterocycles. The van der Waals surface area contributed by atoms with Crippen molar-refractivity contribution in [1.29, 1.82) is 0 Å². The van der Waals surface area contributed by atoms with Gasteiger partial charge in [0, 0.05) is 24.6 Å². The van der Waals surface area contributed by atoms with Crippen LogP contribution >= 0.6 is 0 Å². The second-order valence-corrected chi connectivity index (χ2v) is 14.5. The fourth-order valence-corrected chi connectivity index (χ4v) is 8.43. The molecule has 0 radical (unpaired) electrons. The normalized spacial score (nSPS) is 41.1. The molecule has 1 heterocycles. The molecule has 6 unspecified atom stereocenters. The lowest BCUT2D eigenvalue weighted by molar-refractivity contribution is -0.557. The molecule has 0 spiro atoms. The largest absolute Gasteiger partial charge is 0.275 e. The van der Waals surface area contributed by atoms with Gasteiger partial charge < -0.3 is 0 Å². The van der Waals surface area contributed by atoms with Crippen LogP contribution in [0.2, 0.25) is 0 Å². The van der Waals surface area contributed by atoms with Gasteiger partial charge in [-0.1, -0.05) is 27.7 Å². The van der Waals surface area contributed by atoms with Crippen molar-refractivity contribution in [3.8, 4) is 0 Å². The summed E-state index contributed by atoms with van der Waals surface area (Å²) < 4.78 is 0. The number of hydrogen-bond acceptors (Lipinski definition) is 6. The molecular weight excluding hydrogens is 470 g/mol. The maximum Gasteiger partial charge on any atom is 0.256 e. The summed E-state index contributed by atoms with van der Waals surface area (Å²) in [6.45, 7) is 17.5. The number of carbonyl (C=O) groups excluding carboxylic acids is 2. The molecule has 0 N–H and O–H groups in total. The summed E-state index contributed by atoms with van der Waals surface area (Å²) in [7, 11) is 0. The number of imide groups is 1. The molecule has 208 valence electrons. The van der Waals surface area contributed by atoms with E-state index in [-0.39, 0.29) is 33.8 Å². The zero-order chi connectivity index (χ0) is 27.0. The predicted octanol–water partition coefficient (Wildman–Crippen LogP) is 6.12. The Kier molecular flexibility index (Phi) is 6.54. The Hall–Kier alpha value is -1.28. The van der Waals surface area contributed by atoms with Gasteiger partial charge in [0.15, 0.2) is 0 Å². The second-order valence-electron chi connectivity index (χ2n) is 14.5. The lowest BCUT2D eigenvalue weighted by Gasteiger charge is -2.63. The monoisotopic (exact) mass is 517 g/mol. The van der Waals surface area contributed by atoms with Crippen LogP contribution in [0.25, 0.3) is 0 Å². The standard InChI is InChI=1S/C30H47NO6/c1-19-16-24(32)31(25(19)33)15-9-12-30(8,36-34-28(6)13-10-20-17-22(28)26(20,2)3)37-35-29(7)14-11-21-18-23(29)27(21,4)5/h16,20-23H,9-15,17-18H2,1-8H3. The Morgan fingerprint density at radius 2 is 1.38 bits per heavy atom. The van der Waals surface area contributed by atoms with Crippen molar-refractivity contribution in [1.82, 2.24) is 4.90 Å². The minimum atomic E-state index is -1.17. The second kappa shape index (κ2) is 8.87. The van der Waals surface area contributed by atoms with E-state index in [1.807, 2.05) is 6.92 Å². The van der Waals surface area contributed by atoms with Gasteiger partial charge in [0.05, 0.1) is 0 Å². The lowest BCUT2D eigenvalue weighted by Crippen LogP contribution is -2.62. The van der Waals surface area contributed by atoms with Gasteiger partial charge in [-0.3, -0.25) is 14.5 Å². The molecule has 7 nitrogen and oxygen atoms in total. The maximum atomic E-state index is 12.3. The molecule has 0 aromatic rings. The number of fused-ring (bicyclic) bond motifs is 4. The summed E-state index contributed by atoms with van der Waals surface area (Å²) in [6.07, 6.45) is 8.87. The zero-order valence-corrected chi connectivity index (χ0v) is 24.1. The van der Waals surface area contributed by atoms with E-state index in [1.54, 1.807) is 6.92 Å². The summed E-state index contributed by atoms with van der Waals surface area (Å²) in [5.74, 6) is 0.723. The molecule has 4 bridgehead atoms. The SMILES string of the molecule is CC1=CC(=O)N(CCCC(C)(OOC2(C)CCC3CC2C3(C)C)OOC2(C)CCC3CC2C3(C)C)C1=O. The minimum Gasteiger partial charge on any atom is -0.275 e. The number of hydrogen-bond donors (Lipinski definition) is 0. The molecule has 7 aliphatic rings. The van der Waals surface area contributed by atoms with Gasteiger partial charge in [0.25, 0.3) is 11.8 Å². The lowest BCUT2D eigenvalue weighted by atomic mass is 9.44. The predicted molar refractivity (Wildman–Crippen MR) is 138 cm³/mol. The first-order chi connectivity index (χ1) is 17.1. The van der Waals surface area contributed by atoms with E-state index in [9.17, 15) is 9.59 Å². The minimum absolute atomic E-state index is 0.228. The van der Waals surface area contributed by atoms with Crippen LogP contribution in [0.3, 0.4) is 0 Å². The van der Waals surface area contributed by atoms with Gasteiger partial charge >= 0.3 is 0 Å². The number of amides is 2. The van der Waals surface area contributed by atoms with Crippen molar-refractivity contribution >= 4 is 11.8 Å². The van der Waals surface area contributed by atoms with E-state index in [0.29, 0.717) is 36.8 Å². The number of carbonyl (C=O) groups is 2. The van der Waals surface area contributed by atoms with Gasteiger partial charge in [-0.25, -0.2) is 9.78 Å². The van der Waals surface area contributed by atoms with E-state index >= 15 is 0 Å². The smallest absolute Gasteiger partial charge is 0.256 e. The highest BCUT2D eigenvalue weighted by Crippen LogP contribution is 2.65.